The normalized spacial score (nSPS) is 26.9. The molecule has 0 amide bonds. The van der Waals surface area contributed by atoms with Crippen LogP contribution in [0.25, 0.3) is 0 Å². The van der Waals surface area contributed by atoms with Crippen LogP contribution in [0.1, 0.15) is 84.0 Å². The van der Waals surface area contributed by atoms with E-state index in [1.54, 1.807) is 0 Å². The van der Waals surface area contributed by atoms with E-state index in [0.717, 1.165) is 5.92 Å². The lowest BCUT2D eigenvalue weighted by Crippen LogP contribution is -1.92. The summed E-state index contributed by atoms with van der Waals surface area (Å²) >= 11 is 0. The highest BCUT2D eigenvalue weighted by molar-refractivity contribution is 4.83. The van der Waals surface area contributed by atoms with Crippen LogP contribution in [0.4, 0.5) is 0 Å². The predicted octanol–water partition coefficient (Wildman–Crippen LogP) is 5.87. The molecule has 0 spiro atoms. The largest absolute Gasteiger partial charge is 0.0885 e. The van der Waals surface area contributed by atoms with E-state index in [4.69, 9.17) is 0 Å². The molecule has 16 heavy (non-hydrogen) atoms. The fourth-order valence-electron chi connectivity index (χ4n) is 2.56. The molecular weight excluding hydrogens is 192 g/mol. The number of allylic oxidation sites excluding steroid dienone is 2. The van der Waals surface area contributed by atoms with E-state index in [9.17, 15) is 0 Å². The summed E-state index contributed by atoms with van der Waals surface area (Å²) in [7, 11) is 0. The van der Waals surface area contributed by atoms with Crippen LogP contribution in [0.2, 0.25) is 0 Å². The summed E-state index contributed by atoms with van der Waals surface area (Å²) < 4.78 is 0. The molecule has 0 aromatic rings. The smallest absolute Gasteiger partial charge is 0.0325 e. The monoisotopic (exact) mass is 222 g/mol. The summed E-state index contributed by atoms with van der Waals surface area (Å²) in [5.41, 5.74) is 0. The standard InChI is InChI=1S/C16H30/c1-16-14-12-10-8-6-4-2-3-5-7-9-11-13-15-16/h10,12,16H,2-9,11,13-15H2,1H3. The predicted molar refractivity (Wildman–Crippen MR) is 73.7 cm³/mol. The lowest BCUT2D eigenvalue weighted by atomic mass is 9.99. The van der Waals surface area contributed by atoms with Gasteiger partial charge in [0.2, 0.25) is 0 Å². The molecule has 0 saturated heterocycles. The fraction of sp³-hybridized carbons (Fsp3) is 0.875. The Morgan fingerprint density at radius 2 is 1.25 bits per heavy atom. The zero-order chi connectivity index (χ0) is 11.5. The zero-order valence-electron chi connectivity index (χ0n) is 11.2. The summed E-state index contributed by atoms with van der Waals surface area (Å²) in [5.74, 6) is 0.904. The van der Waals surface area contributed by atoms with Crippen LogP contribution in [0.15, 0.2) is 12.2 Å². The lowest BCUT2D eigenvalue weighted by Gasteiger charge is -2.08. The van der Waals surface area contributed by atoms with Crippen molar-refractivity contribution in [1.82, 2.24) is 0 Å². The van der Waals surface area contributed by atoms with Crippen molar-refractivity contribution < 1.29 is 0 Å². The molecule has 94 valence electrons. The Hall–Kier alpha value is -0.260. The maximum absolute atomic E-state index is 2.42. The second-order valence-electron chi connectivity index (χ2n) is 5.57. The van der Waals surface area contributed by atoms with Crippen LogP contribution in [-0.4, -0.2) is 0 Å². The van der Waals surface area contributed by atoms with Crippen LogP contribution in [-0.2, 0) is 0 Å². The van der Waals surface area contributed by atoms with Crippen molar-refractivity contribution in [3.8, 4) is 0 Å². The average Bonchev–Trinajstić information content (AvgIpc) is 2.29. The lowest BCUT2D eigenvalue weighted by molar-refractivity contribution is 0.484. The van der Waals surface area contributed by atoms with Gasteiger partial charge in [-0.15, -0.1) is 0 Å². The van der Waals surface area contributed by atoms with E-state index < -0.39 is 0 Å². The van der Waals surface area contributed by atoms with E-state index in [2.05, 4.69) is 19.1 Å². The third-order valence-electron chi connectivity index (χ3n) is 3.77. The Morgan fingerprint density at radius 3 is 1.94 bits per heavy atom. The van der Waals surface area contributed by atoms with Crippen molar-refractivity contribution in [2.75, 3.05) is 0 Å². The zero-order valence-corrected chi connectivity index (χ0v) is 11.2. The summed E-state index contributed by atoms with van der Waals surface area (Å²) in [6, 6.07) is 0. The number of rotatable bonds is 0. The molecule has 0 heteroatoms. The topological polar surface area (TPSA) is 0 Å². The molecule has 0 radical (unpaired) electrons. The van der Waals surface area contributed by atoms with Crippen LogP contribution in [0.3, 0.4) is 0 Å². The third kappa shape index (κ3) is 7.96. The van der Waals surface area contributed by atoms with E-state index in [-0.39, 0.29) is 0 Å². The second kappa shape index (κ2) is 9.93. The molecule has 0 bridgehead atoms. The molecule has 1 unspecified atom stereocenters. The van der Waals surface area contributed by atoms with E-state index in [1.807, 2.05) is 0 Å². The highest BCUT2D eigenvalue weighted by Gasteiger charge is 2.00. The summed E-state index contributed by atoms with van der Waals surface area (Å²) in [5, 5.41) is 0. The van der Waals surface area contributed by atoms with E-state index >= 15 is 0 Å². The van der Waals surface area contributed by atoms with Crippen molar-refractivity contribution in [2.24, 2.45) is 5.92 Å². The summed E-state index contributed by atoms with van der Waals surface area (Å²) in [4.78, 5) is 0. The van der Waals surface area contributed by atoms with E-state index in [0.29, 0.717) is 0 Å². The van der Waals surface area contributed by atoms with Gasteiger partial charge in [-0.25, -0.2) is 0 Å². The van der Waals surface area contributed by atoms with Crippen molar-refractivity contribution in [2.45, 2.75) is 84.0 Å². The molecule has 0 N–H and O–H groups in total. The quantitative estimate of drug-likeness (QED) is 0.449. The molecule has 1 atom stereocenters. The van der Waals surface area contributed by atoms with Gasteiger partial charge in [-0.2, -0.15) is 0 Å². The fourth-order valence-corrected chi connectivity index (χ4v) is 2.56. The van der Waals surface area contributed by atoms with E-state index in [1.165, 1.54) is 77.0 Å². The Balaban J connectivity index is 2.18. The van der Waals surface area contributed by atoms with Crippen molar-refractivity contribution in [1.29, 1.82) is 0 Å². The van der Waals surface area contributed by atoms with Crippen molar-refractivity contribution in [3.63, 3.8) is 0 Å². The SMILES string of the molecule is CC1CC=CCCCCCCCCCCC1. The third-order valence-corrected chi connectivity index (χ3v) is 3.77. The summed E-state index contributed by atoms with van der Waals surface area (Å²) in [6.07, 6.45) is 22.0. The highest BCUT2D eigenvalue weighted by Crippen LogP contribution is 2.17. The Bertz CT molecular complexity index is 169. The molecular formula is C16H30. The first-order valence-corrected chi connectivity index (χ1v) is 7.54. The first-order valence-electron chi connectivity index (χ1n) is 7.54. The molecule has 0 aromatic carbocycles. The van der Waals surface area contributed by atoms with Crippen molar-refractivity contribution >= 4 is 0 Å². The maximum atomic E-state index is 2.42. The first kappa shape index (κ1) is 13.8. The van der Waals surface area contributed by atoms with Gasteiger partial charge in [0.1, 0.15) is 0 Å². The Kier molecular flexibility index (Phi) is 8.57. The minimum absolute atomic E-state index is 0.904. The maximum Gasteiger partial charge on any atom is -0.0325 e. The molecule has 0 fully saturated rings. The minimum Gasteiger partial charge on any atom is -0.0885 e. The summed E-state index contributed by atoms with van der Waals surface area (Å²) in [6.45, 7) is 2.41. The first-order chi connectivity index (χ1) is 7.89. The molecule has 1 aliphatic carbocycles. The van der Waals surface area contributed by atoms with Gasteiger partial charge in [0.15, 0.2) is 0 Å². The Labute approximate surface area is 103 Å². The van der Waals surface area contributed by atoms with Gasteiger partial charge in [-0.05, 0) is 25.2 Å². The number of hydrogen-bond acceptors (Lipinski definition) is 0. The average molecular weight is 222 g/mol. The van der Waals surface area contributed by atoms with Crippen LogP contribution in [0, 0.1) is 5.92 Å². The van der Waals surface area contributed by atoms with Gasteiger partial charge in [0, 0.05) is 0 Å². The Morgan fingerprint density at radius 1 is 0.688 bits per heavy atom. The van der Waals surface area contributed by atoms with Gasteiger partial charge in [0.05, 0.1) is 0 Å². The molecule has 0 aliphatic heterocycles. The van der Waals surface area contributed by atoms with Crippen LogP contribution < -0.4 is 0 Å². The minimum atomic E-state index is 0.904. The molecule has 1 aliphatic rings. The molecule has 0 heterocycles. The molecule has 0 saturated carbocycles. The second-order valence-corrected chi connectivity index (χ2v) is 5.57. The van der Waals surface area contributed by atoms with Crippen molar-refractivity contribution in [3.05, 3.63) is 12.2 Å². The molecule has 0 nitrogen and oxygen atoms in total. The molecule has 1 rings (SSSR count). The number of hydrogen-bond donors (Lipinski definition) is 0. The van der Waals surface area contributed by atoms with Gasteiger partial charge in [-0.1, -0.05) is 76.9 Å². The molecule has 0 aromatic heterocycles. The highest BCUT2D eigenvalue weighted by atomic mass is 14.1. The van der Waals surface area contributed by atoms with Crippen LogP contribution in [0.5, 0.6) is 0 Å². The van der Waals surface area contributed by atoms with Gasteiger partial charge in [-0.3, -0.25) is 0 Å². The van der Waals surface area contributed by atoms with Gasteiger partial charge in [0.25, 0.3) is 0 Å². The van der Waals surface area contributed by atoms with Crippen LogP contribution >= 0.6 is 0 Å². The van der Waals surface area contributed by atoms with Gasteiger partial charge >= 0.3 is 0 Å². The van der Waals surface area contributed by atoms with Gasteiger partial charge < -0.3 is 0 Å².